The number of carbonyl (C=O) groups is 2. The Kier molecular flexibility index (Phi) is 8.91. The first-order valence-electron chi connectivity index (χ1n) is 11.0. The molecule has 0 fully saturated rings. The van der Waals surface area contributed by atoms with Crippen LogP contribution in [0.5, 0.6) is 17.2 Å². The lowest BCUT2D eigenvalue weighted by molar-refractivity contribution is -0.145. The predicted octanol–water partition coefficient (Wildman–Crippen LogP) is 4.19. The Morgan fingerprint density at radius 2 is 1.41 bits per heavy atom. The van der Waals surface area contributed by atoms with Gasteiger partial charge in [0.05, 0.1) is 20.8 Å². The molecule has 0 heterocycles. The first-order chi connectivity index (χ1) is 16.5. The fourth-order valence-electron chi connectivity index (χ4n) is 3.41. The van der Waals surface area contributed by atoms with Crippen LogP contribution in [0.15, 0.2) is 72.8 Å². The van der Waals surface area contributed by atoms with Gasteiger partial charge in [-0.1, -0.05) is 60.7 Å². The van der Waals surface area contributed by atoms with Crippen molar-refractivity contribution >= 4 is 11.9 Å². The number of methoxy groups -OCH3 is 2. The van der Waals surface area contributed by atoms with E-state index < -0.39 is 17.9 Å². The summed E-state index contributed by atoms with van der Waals surface area (Å²) in [5, 5.41) is 2.78. The lowest BCUT2D eigenvalue weighted by atomic mass is 10.1. The molecule has 178 valence electrons. The number of nitrogens with one attached hydrogen (secondary N) is 1. The highest BCUT2D eigenvalue weighted by atomic mass is 16.5. The van der Waals surface area contributed by atoms with Gasteiger partial charge in [0.15, 0.2) is 11.5 Å². The molecule has 1 atom stereocenters. The second-order valence-electron chi connectivity index (χ2n) is 7.45. The van der Waals surface area contributed by atoms with Crippen LogP contribution in [0.2, 0.25) is 0 Å². The topological polar surface area (TPSA) is 83.1 Å². The van der Waals surface area contributed by atoms with Crippen LogP contribution in [-0.2, 0) is 22.6 Å². The summed E-state index contributed by atoms with van der Waals surface area (Å²) in [6.07, 6.45) is 0.304. The number of esters is 1. The molecule has 0 radical (unpaired) electrons. The third kappa shape index (κ3) is 6.51. The summed E-state index contributed by atoms with van der Waals surface area (Å²) in [7, 11) is 2.98. The Morgan fingerprint density at radius 1 is 0.853 bits per heavy atom. The van der Waals surface area contributed by atoms with Crippen LogP contribution in [0.4, 0.5) is 0 Å². The molecule has 0 aliphatic rings. The highest BCUT2D eigenvalue weighted by Crippen LogP contribution is 2.39. The van der Waals surface area contributed by atoms with Gasteiger partial charge in [-0.2, -0.15) is 0 Å². The minimum atomic E-state index is -0.846. The summed E-state index contributed by atoms with van der Waals surface area (Å²) in [5.41, 5.74) is 2.15. The van der Waals surface area contributed by atoms with Crippen molar-refractivity contribution in [1.82, 2.24) is 5.32 Å². The number of carbonyl (C=O) groups excluding carboxylic acids is 2. The molecule has 1 unspecified atom stereocenters. The van der Waals surface area contributed by atoms with Crippen molar-refractivity contribution in [2.24, 2.45) is 0 Å². The van der Waals surface area contributed by atoms with Gasteiger partial charge in [0.2, 0.25) is 5.75 Å². The van der Waals surface area contributed by atoms with Gasteiger partial charge in [-0.25, -0.2) is 4.79 Å². The monoisotopic (exact) mass is 463 g/mol. The van der Waals surface area contributed by atoms with E-state index in [1.54, 1.807) is 19.1 Å². The van der Waals surface area contributed by atoms with Crippen molar-refractivity contribution < 1.29 is 28.5 Å². The molecule has 34 heavy (non-hydrogen) atoms. The highest BCUT2D eigenvalue weighted by Gasteiger charge is 2.25. The third-order valence-corrected chi connectivity index (χ3v) is 5.11. The van der Waals surface area contributed by atoms with Gasteiger partial charge in [0.25, 0.3) is 5.91 Å². The SMILES string of the molecule is CCOC(=O)C(Cc1ccccc1)NC(=O)c1cc(OC)c(OCc2ccccc2)c(OC)c1. The van der Waals surface area contributed by atoms with Crippen molar-refractivity contribution in [2.45, 2.75) is 26.0 Å². The Hall–Kier alpha value is -4.00. The molecular formula is C27H29NO6. The zero-order chi connectivity index (χ0) is 24.3. The van der Waals surface area contributed by atoms with Gasteiger partial charge in [0, 0.05) is 12.0 Å². The average molecular weight is 464 g/mol. The molecule has 3 aromatic rings. The minimum absolute atomic E-state index is 0.217. The molecule has 0 saturated carbocycles. The molecular weight excluding hydrogens is 434 g/mol. The first kappa shape index (κ1) is 24.6. The van der Waals surface area contributed by atoms with Crippen LogP contribution < -0.4 is 19.5 Å². The Bertz CT molecular complexity index is 1060. The molecule has 1 amide bonds. The molecule has 3 aromatic carbocycles. The van der Waals surface area contributed by atoms with E-state index in [1.807, 2.05) is 60.7 Å². The van der Waals surface area contributed by atoms with Crippen molar-refractivity contribution in [3.63, 3.8) is 0 Å². The molecule has 3 rings (SSSR count). The Morgan fingerprint density at radius 3 is 1.94 bits per heavy atom. The van der Waals surface area contributed by atoms with E-state index in [9.17, 15) is 9.59 Å². The molecule has 7 heteroatoms. The van der Waals surface area contributed by atoms with Gasteiger partial charge in [0.1, 0.15) is 12.6 Å². The fraction of sp³-hybridized carbons (Fsp3) is 0.259. The molecule has 0 bridgehead atoms. The fourth-order valence-corrected chi connectivity index (χ4v) is 3.41. The number of rotatable bonds is 11. The maximum atomic E-state index is 13.1. The maximum Gasteiger partial charge on any atom is 0.328 e. The minimum Gasteiger partial charge on any atom is -0.493 e. The molecule has 7 nitrogen and oxygen atoms in total. The van der Waals surface area contributed by atoms with E-state index in [-0.39, 0.29) is 12.2 Å². The molecule has 0 spiro atoms. The summed E-state index contributed by atoms with van der Waals surface area (Å²) >= 11 is 0. The van der Waals surface area contributed by atoms with E-state index >= 15 is 0 Å². The second kappa shape index (κ2) is 12.3. The summed E-state index contributed by atoms with van der Waals surface area (Å²) in [5.74, 6) is 0.116. The summed E-state index contributed by atoms with van der Waals surface area (Å²) in [6.45, 7) is 2.25. The number of hydrogen-bond donors (Lipinski definition) is 1. The molecule has 0 aromatic heterocycles. The van der Waals surface area contributed by atoms with E-state index in [0.29, 0.717) is 30.3 Å². The lowest BCUT2D eigenvalue weighted by Gasteiger charge is -2.19. The molecule has 0 aliphatic carbocycles. The van der Waals surface area contributed by atoms with Crippen molar-refractivity contribution in [3.05, 3.63) is 89.5 Å². The zero-order valence-electron chi connectivity index (χ0n) is 19.6. The molecule has 1 N–H and O–H groups in total. The van der Waals surface area contributed by atoms with Crippen LogP contribution in [-0.4, -0.2) is 38.7 Å². The number of benzene rings is 3. The normalized spacial score (nSPS) is 11.3. The van der Waals surface area contributed by atoms with E-state index in [1.165, 1.54) is 14.2 Å². The van der Waals surface area contributed by atoms with Crippen LogP contribution in [0.25, 0.3) is 0 Å². The highest BCUT2D eigenvalue weighted by molar-refractivity contribution is 5.98. The van der Waals surface area contributed by atoms with Gasteiger partial charge < -0.3 is 24.3 Å². The zero-order valence-corrected chi connectivity index (χ0v) is 19.6. The standard InChI is InChI=1S/C27H29NO6/c1-4-33-27(30)22(15-19-11-7-5-8-12-19)28-26(29)21-16-23(31-2)25(24(17-21)32-3)34-18-20-13-9-6-10-14-20/h5-14,16-17,22H,4,15,18H2,1-3H3,(H,28,29). The van der Waals surface area contributed by atoms with Crippen molar-refractivity contribution in [3.8, 4) is 17.2 Å². The van der Waals surface area contributed by atoms with E-state index in [0.717, 1.165) is 11.1 Å². The molecule has 0 aliphatic heterocycles. The number of amides is 1. The quantitative estimate of drug-likeness (QED) is 0.430. The summed E-state index contributed by atoms with van der Waals surface area (Å²) in [4.78, 5) is 25.6. The van der Waals surface area contributed by atoms with Crippen LogP contribution in [0.3, 0.4) is 0 Å². The van der Waals surface area contributed by atoms with E-state index in [4.69, 9.17) is 18.9 Å². The first-order valence-corrected chi connectivity index (χ1v) is 11.0. The van der Waals surface area contributed by atoms with Crippen LogP contribution >= 0.6 is 0 Å². The van der Waals surface area contributed by atoms with Crippen molar-refractivity contribution in [2.75, 3.05) is 20.8 Å². The van der Waals surface area contributed by atoms with Crippen LogP contribution in [0.1, 0.15) is 28.4 Å². The number of hydrogen-bond acceptors (Lipinski definition) is 6. The lowest BCUT2D eigenvalue weighted by Crippen LogP contribution is -2.43. The largest absolute Gasteiger partial charge is 0.493 e. The smallest absolute Gasteiger partial charge is 0.328 e. The predicted molar refractivity (Wildman–Crippen MR) is 128 cm³/mol. The van der Waals surface area contributed by atoms with Gasteiger partial charge >= 0.3 is 5.97 Å². The maximum absolute atomic E-state index is 13.1. The van der Waals surface area contributed by atoms with Crippen LogP contribution in [0, 0.1) is 0 Å². The Balaban J connectivity index is 1.82. The second-order valence-corrected chi connectivity index (χ2v) is 7.45. The van der Waals surface area contributed by atoms with Gasteiger partial charge in [-0.15, -0.1) is 0 Å². The van der Waals surface area contributed by atoms with Gasteiger partial charge in [-0.05, 0) is 30.2 Å². The van der Waals surface area contributed by atoms with E-state index in [2.05, 4.69) is 5.32 Å². The summed E-state index contributed by atoms with van der Waals surface area (Å²) in [6, 6.07) is 21.4. The third-order valence-electron chi connectivity index (χ3n) is 5.11. The average Bonchev–Trinajstić information content (AvgIpc) is 2.87. The van der Waals surface area contributed by atoms with Gasteiger partial charge in [-0.3, -0.25) is 4.79 Å². The summed E-state index contributed by atoms with van der Waals surface area (Å²) < 4.78 is 22.1. The number of ether oxygens (including phenoxy) is 4. The van der Waals surface area contributed by atoms with Crippen molar-refractivity contribution in [1.29, 1.82) is 0 Å². The molecule has 0 saturated heterocycles. The Labute approximate surface area is 199 Å².